The lowest BCUT2D eigenvalue weighted by Crippen LogP contribution is -2.47. The minimum Gasteiger partial charge on any atom is -0.329 e. The number of hydrogen-bond donors (Lipinski definition) is 2. The summed E-state index contributed by atoms with van der Waals surface area (Å²) in [5.74, 6) is 0.0975. The third-order valence-corrected chi connectivity index (χ3v) is 4.16. The first-order chi connectivity index (χ1) is 8.63. The molecule has 0 atom stereocenters. The average Bonchev–Trinajstić information content (AvgIpc) is 2.31. The van der Waals surface area contributed by atoms with Crippen LogP contribution in [0.3, 0.4) is 0 Å². The number of rotatable bonds is 4. The van der Waals surface area contributed by atoms with Crippen molar-refractivity contribution in [2.45, 2.75) is 39.5 Å². The number of nitrogens with two attached hydrogens (primary N) is 1. The van der Waals surface area contributed by atoms with Crippen LogP contribution in [0.25, 0.3) is 0 Å². The number of amides is 1. The fourth-order valence-electron chi connectivity index (χ4n) is 2.58. The number of carbonyl (C=O) groups excluding carboxylic acids is 1. The first kappa shape index (κ1) is 13.1. The largest absolute Gasteiger partial charge is 0.329 e. The molecule has 1 aliphatic carbocycles. The molecule has 3 N–H and O–H groups in total. The SMILES string of the molecule is CCc1cccc(C)c1NC(=O)C1(CN)CCC1. The zero-order chi connectivity index (χ0) is 13.2. The summed E-state index contributed by atoms with van der Waals surface area (Å²) >= 11 is 0. The maximum atomic E-state index is 12.4. The van der Waals surface area contributed by atoms with Gasteiger partial charge < -0.3 is 11.1 Å². The molecule has 0 unspecified atom stereocenters. The summed E-state index contributed by atoms with van der Waals surface area (Å²) in [6.45, 7) is 4.59. The van der Waals surface area contributed by atoms with Crippen LogP contribution in [0.2, 0.25) is 0 Å². The van der Waals surface area contributed by atoms with Crippen LogP contribution in [0.4, 0.5) is 5.69 Å². The number of nitrogens with one attached hydrogen (secondary N) is 1. The number of hydrogen-bond acceptors (Lipinski definition) is 2. The molecular weight excluding hydrogens is 224 g/mol. The number of para-hydroxylation sites is 1. The van der Waals surface area contributed by atoms with Crippen molar-refractivity contribution in [3.63, 3.8) is 0 Å². The van der Waals surface area contributed by atoms with E-state index in [0.29, 0.717) is 6.54 Å². The van der Waals surface area contributed by atoms with Crippen molar-refractivity contribution in [2.24, 2.45) is 11.1 Å². The van der Waals surface area contributed by atoms with Crippen molar-refractivity contribution >= 4 is 11.6 Å². The van der Waals surface area contributed by atoms with Crippen molar-refractivity contribution in [1.29, 1.82) is 0 Å². The van der Waals surface area contributed by atoms with E-state index in [0.717, 1.165) is 36.9 Å². The summed E-state index contributed by atoms with van der Waals surface area (Å²) in [7, 11) is 0. The van der Waals surface area contributed by atoms with Gasteiger partial charge in [-0.25, -0.2) is 0 Å². The van der Waals surface area contributed by atoms with Gasteiger partial charge in [0, 0.05) is 12.2 Å². The Kier molecular flexibility index (Phi) is 3.71. The van der Waals surface area contributed by atoms with Crippen LogP contribution in [0.1, 0.15) is 37.3 Å². The Labute approximate surface area is 109 Å². The van der Waals surface area contributed by atoms with Gasteiger partial charge in [-0.2, -0.15) is 0 Å². The third-order valence-electron chi connectivity index (χ3n) is 4.16. The summed E-state index contributed by atoms with van der Waals surface area (Å²) in [5, 5.41) is 3.10. The Hall–Kier alpha value is -1.35. The predicted molar refractivity (Wildman–Crippen MR) is 74.5 cm³/mol. The molecule has 98 valence electrons. The van der Waals surface area contributed by atoms with Gasteiger partial charge in [0.05, 0.1) is 5.41 Å². The first-order valence-electron chi connectivity index (χ1n) is 6.73. The summed E-state index contributed by atoms with van der Waals surface area (Å²) in [5.41, 5.74) is 8.74. The van der Waals surface area contributed by atoms with E-state index in [1.54, 1.807) is 0 Å². The lowest BCUT2D eigenvalue weighted by molar-refractivity contribution is -0.129. The second-order valence-corrected chi connectivity index (χ2v) is 5.25. The molecule has 1 amide bonds. The van der Waals surface area contributed by atoms with E-state index in [-0.39, 0.29) is 11.3 Å². The molecule has 18 heavy (non-hydrogen) atoms. The van der Waals surface area contributed by atoms with E-state index in [1.165, 1.54) is 5.56 Å². The van der Waals surface area contributed by atoms with Crippen molar-refractivity contribution in [2.75, 3.05) is 11.9 Å². The van der Waals surface area contributed by atoms with E-state index < -0.39 is 0 Å². The second-order valence-electron chi connectivity index (χ2n) is 5.25. The topological polar surface area (TPSA) is 55.1 Å². The van der Waals surface area contributed by atoms with Crippen molar-refractivity contribution in [3.8, 4) is 0 Å². The summed E-state index contributed by atoms with van der Waals surface area (Å²) in [4.78, 5) is 12.4. The Morgan fingerprint density at radius 3 is 2.67 bits per heavy atom. The lowest BCUT2D eigenvalue weighted by Gasteiger charge is -2.39. The van der Waals surface area contributed by atoms with E-state index in [2.05, 4.69) is 18.3 Å². The van der Waals surface area contributed by atoms with Crippen LogP contribution in [-0.4, -0.2) is 12.5 Å². The van der Waals surface area contributed by atoms with Crippen LogP contribution in [0.5, 0.6) is 0 Å². The van der Waals surface area contributed by atoms with E-state index in [1.807, 2.05) is 19.1 Å². The smallest absolute Gasteiger partial charge is 0.231 e. The minimum absolute atomic E-state index is 0.0975. The van der Waals surface area contributed by atoms with Crippen molar-refractivity contribution in [1.82, 2.24) is 0 Å². The van der Waals surface area contributed by atoms with Crippen LogP contribution in [0, 0.1) is 12.3 Å². The van der Waals surface area contributed by atoms with Gasteiger partial charge in [-0.1, -0.05) is 31.5 Å². The highest BCUT2D eigenvalue weighted by atomic mass is 16.2. The second kappa shape index (κ2) is 5.11. The number of carbonyl (C=O) groups is 1. The molecule has 0 aliphatic heterocycles. The highest BCUT2D eigenvalue weighted by Gasteiger charge is 2.42. The van der Waals surface area contributed by atoms with Crippen LogP contribution < -0.4 is 11.1 Å². The maximum Gasteiger partial charge on any atom is 0.231 e. The predicted octanol–water partition coefficient (Wildman–Crippen LogP) is 2.62. The minimum atomic E-state index is -0.312. The molecule has 0 heterocycles. The molecule has 1 aliphatic rings. The van der Waals surface area contributed by atoms with Crippen LogP contribution in [-0.2, 0) is 11.2 Å². The van der Waals surface area contributed by atoms with Gasteiger partial charge in [0.25, 0.3) is 0 Å². The fourth-order valence-corrected chi connectivity index (χ4v) is 2.58. The Bertz CT molecular complexity index is 444. The molecule has 0 bridgehead atoms. The molecule has 0 radical (unpaired) electrons. The zero-order valence-corrected chi connectivity index (χ0v) is 11.3. The molecule has 0 aromatic heterocycles. The number of benzene rings is 1. The normalized spacial score (nSPS) is 17.1. The van der Waals surface area contributed by atoms with E-state index in [4.69, 9.17) is 5.73 Å². The summed E-state index contributed by atoms with van der Waals surface area (Å²) in [6, 6.07) is 6.13. The van der Waals surface area contributed by atoms with E-state index in [9.17, 15) is 4.79 Å². The van der Waals surface area contributed by atoms with Gasteiger partial charge >= 0.3 is 0 Å². The van der Waals surface area contributed by atoms with Gasteiger partial charge in [-0.05, 0) is 37.3 Å². The molecule has 0 saturated heterocycles. The van der Waals surface area contributed by atoms with Gasteiger partial charge in [-0.3, -0.25) is 4.79 Å². The molecule has 1 aromatic carbocycles. The Morgan fingerprint density at radius 1 is 1.44 bits per heavy atom. The molecule has 3 heteroatoms. The molecule has 1 fully saturated rings. The molecule has 3 nitrogen and oxygen atoms in total. The Balaban J connectivity index is 2.21. The monoisotopic (exact) mass is 246 g/mol. The molecule has 1 aromatic rings. The average molecular weight is 246 g/mol. The summed E-state index contributed by atoms with van der Waals surface area (Å²) in [6.07, 6.45) is 3.87. The van der Waals surface area contributed by atoms with Crippen LogP contribution >= 0.6 is 0 Å². The van der Waals surface area contributed by atoms with Gasteiger partial charge in [0.15, 0.2) is 0 Å². The molecule has 0 spiro atoms. The number of anilines is 1. The third kappa shape index (κ3) is 2.15. The standard InChI is InChI=1S/C15H22N2O/c1-3-12-7-4-6-11(2)13(12)17-14(18)15(10-16)8-5-9-15/h4,6-7H,3,5,8-10,16H2,1-2H3,(H,17,18). The van der Waals surface area contributed by atoms with E-state index >= 15 is 0 Å². The highest BCUT2D eigenvalue weighted by Crippen LogP contribution is 2.41. The Morgan fingerprint density at radius 2 is 2.17 bits per heavy atom. The quantitative estimate of drug-likeness (QED) is 0.858. The zero-order valence-electron chi connectivity index (χ0n) is 11.3. The van der Waals surface area contributed by atoms with Crippen LogP contribution in [0.15, 0.2) is 18.2 Å². The molecule has 2 rings (SSSR count). The van der Waals surface area contributed by atoms with Gasteiger partial charge in [-0.15, -0.1) is 0 Å². The van der Waals surface area contributed by atoms with Crippen molar-refractivity contribution < 1.29 is 4.79 Å². The first-order valence-corrected chi connectivity index (χ1v) is 6.73. The number of aryl methyl sites for hydroxylation is 2. The van der Waals surface area contributed by atoms with Gasteiger partial charge in [0.2, 0.25) is 5.91 Å². The van der Waals surface area contributed by atoms with Crippen molar-refractivity contribution in [3.05, 3.63) is 29.3 Å². The lowest BCUT2D eigenvalue weighted by atomic mass is 9.68. The summed E-state index contributed by atoms with van der Waals surface area (Å²) < 4.78 is 0. The molecular formula is C15H22N2O. The maximum absolute atomic E-state index is 12.4. The molecule has 1 saturated carbocycles. The fraction of sp³-hybridized carbons (Fsp3) is 0.533. The highest BCUT2D eigenvalue weighted by molar-refractivity contribution is 5.97. The van der Waals surface area contributed by atoms with Gasteiger partial charge in [0.1, 0.15) is 0 Å².